The highest BCUT2D eigenvalue weighted by Crippen LogP contribution is 2.33. The van der Waals surface area contributed by atoms with E-state index in [1.165, 1.54) is 12.1 Å². The second-order valence-electron chi connectivity index (χ2n) is 8.02. The highest BCUT2D eigenvalue weighted by molar-refractivity contribution is 5.91. The Balaban J connectivity index is 0.00000259. The van der Waals surface area contributed by atoms with Gasteiger partial charge in [-0.15, -0.1) is 12.4 Å². The molecule has 8 nitrogen and oxygen atoms in total. The van der Waals surface area contributed by atoms with Crippen LogP contribution in [-0.2, 0) is 9.47 Å². The van der Waals surface area contributed by atoms with Crippen LogP contribution in [0.15, 0.2) is 42.5 Å². The summed E-state index contributed by atoms with van der Waals surface area (Å²) in [4.78, 5) is 23.4. The SMILES string of the molecule is Cl.O=C(N[C@@H]1CCN(c2nc(-c3ccccc3O)nc3ccc(F)cc23)C1)O[C@H]1CCOC1. The number of aromatic nitrogens is 2. The first-order valence-corrected chi connectivity index (χ1v) is 10.6. The number of halogens is 2. The summed E-state index contributed by atoms with van der Waals surface area (Å²) in [5.74, 6) is 0.609. The minimum atomic E-state index is -0.458. The van der Waals surface area contributed by atoms with Crippen LogP contribution in [0.1, 0.15) is 12.8 Å². The molecule has 0 unspecified atom stereocenters. The number of phenolic OH excluding ortho intramolecular Hbond substituents is 1. The average molecular weight is 475 g/mol. The lowest BCUT2D eigenvalue weighted by atomic mass is 10.1. The van der Waals surface area contributed by atoms with Crippen LogP contribution in [-0.4, -0.2) is 59.6 Å². The zero-order valence-corrected chi connectivity index (χ0v) is 18.6. The third-order valence-corrected chi connectivity index (χ3v) is 5.75. The number of hydrogen-bond acceptors (Lipinski definition) is 7. The van der Waals surface area contributed by atoms with Gasteiger partial charge in [0.05, 0.1) is 30.3 Å². The van der Waals surface area contributed by atoms with Crippen molar-refractivity contribution >= 4 is 35.2 Å². The second-order valence-corrected chi connectivity index (χ2v) is 8.02. The van der Waals surface area contributed by atoms with E-state index in [1.54, 1.807) is 30.3 Å². The summed E-state index contributed by atoms with van der Waals surface area (Å²) < 4.78 is 24.7. The Morgan fingerprint density at radius 2 is 2.06 bits per heavy atom. The molecule has 2 saturated heterocycles. The van der Waals surface area contributed by atoms with Gasteiger partial charge in [0.15, 0.2) is 5.82 Å². The van der Waals surface area contributed by atoms with Crippen LogP contribution in [0.5, 0.6) is 5.75 Å². The van der Waals surface area contributed by atoms with Gasteiger partial charge in [-0.25, -0.2) is 19.2 Å². The zero-order chi connectivity index (χ0) is 22.1. The summed E-state index contributed by atoms with van der Waals surface area (Å²) in [5, 5.41) is 13.8. The van der Waals surface area contributed by atoms with Gasteiger partial charge in [0.25, 0.3) is 0 Å². The number of nitrogens with zero attached hydrogens (tertiary/aromatic N) is 3. The van der Waals surface area contributed by atoms with E-state index >= 15 is 0 Å². The Kier molecular flexibility index (Phi) is 6.80. The molecule has 3 aromatic rings. The van der Waals surface area contributed by atoms with E-state index in [1.807, 2.05) is 4.90 Å². The molecule has 2 atom stereocenters. The topological polar surface area (TPSA) is 96.8 Å². The van der Waals surface area contributed by atoms with Gasteiger partial charge in [-0.2, -0.15) is 0 Å². The first-order valence-electron chi connectivity index (χ1n) is 10.6. The molecule has 2 aromatic carbocycles. The molecule has 0 radical (unpaired) electrons. The first kappa shape index (κ1) is 23.0. The smallest absolute Gasteiger partial charge is 0.407 e. The number of carbonyl (C=O) groups excluding carboxylic acids is 1. The van der Waals surface area contributed by atoms with Crippen molar-refractivity contribution in [2.75, 3.05) is 31.2 Å². The molecule has 0 spiro atoms. The Morgan fingerprint density at radius 1 is 1.21 bits per heavy atom. The fourth-order valence-corrected chi connectivity index (χ4v) is 4.14. The molecule has 174 valence electrons. The highest BCUT2D eigenvalue weighted by Gasteiger charge is 2.29. The Labute approximate surface area is 196 Å². The monoisotopic (exact) mass is 474 g/mol. The Bertz CT molecular complexity index is 1160. The lowest BCUT2D eigenvalue weighted by Gasteiger charge is -2.21. The predicted octanol–water partition coefficient (Wildman–Crippen LogP) is 3.66. The number of para-hydroxylation sites is 1. The van der Waals surface area contributed by atoms with Crippen molar-refractivity contribution in [3.63, 3.8) is 0 Å². The number of aromatic hydroxyl groups is 1. The summed E-state index contributed by atoms with van der Waals surface area (Å²) in [6.45, 7) is 2.16. The summed E-state index contributed by atoms with van der Waals surface area (Å²) in [6, 6.07) is 11.1. The number of rotatable bonds is 4. The molecule has 2 aliphatic rings. The van der Waals surface area contributed by atoms with Crippen LogP contribution in [0.25, 0.3) is 22.3 Å². The largest absolute Gasteiger partial charge is 0.507 e. The van der Waals surface area contributed by atoms with Crippen molar-refractivity contribution in [2.24, 2.45) is 0 Å². The number of nitrogens with one attached hydrogen (secondary N) is 1. The molecule has 2 aliphatic heterocycles. The maximum absolute atomic E-state index is 14.0. The molecule has 10 heteroatoms. The summed E-state index contributed by atoms with van der Waals surface area (Å²) in [7, 11) is 0. The normalized spacial score (nSPS) is 20.0. The van der Waals surface area contributed by atoms with Crippen molar-refractivity contribution in [1.82, 2.24) is 15.3 Å². The third kappa shape index (κ3) is 4.94. The van der Waals surface area contributed by atoms with Crippen molar-refractivity contribution in [3.8, 4) is 17.1 Å². The quantitative estimate of drug-likeness (QED) is 0.595. The van der Waals surface area contributed by atoms with Gasteiger partial charge in [-0.3, -0.25) is 0 Å². The molecule has 0 bridgehead atoms. The second kappa shape index (κ2) is 9.76. The molecular formula is C23H24ClFN4O4. The van der Waals surface area contributed by atoms with Gasteiger partial charge in [0, 0.05) is 24.9 Å². The maximum Gasteiger partial charge on any atom is 0.407 e. The van der Waals surface area contributed by atoms with Gasteiger partial charge >= 0.3 is 6.09 Å². The van der Waals surface area contributed by atoms with Crippen LogP contribution < -0.4 is 10.2 Å². The standard InChI is InChI=1S/C23H23FN4O4.ClH/c24-14-5-6-19-18(11-14)22(27-21(26-19)17-3-1-2-4-20(17)29)28-9-7-15(12-28)25-23(30)32-16-8-10-31-13-16;/h1-6,11,15-16,29H,7-10,12-13H2,(H,25,30);1H/t15-,16+;/m1./s1. The van der Waals surface area contributed by atoms with Gasteiger partial charge in [0.2, 0.25) is 0 Å². The molecule has 2 fully saturated rings. The van der Waals surface area contributed by atoms with Gasteiger partial charge in [-0.05, 0) is 36.8 Å². The number of fused-ring (bicyclic) bond motifs is 1. The predicted molar refractivity (Wildman–Crippen MR) is 123 cm³/mol. The van der Waals surface area contributed by atoms with Crippen LogP contribution in [0, 0.1) is 5.82 Å². The van der Waals surface area contributed by atoms with Crippen LogP contribution >= 0.6 is 12.4 Å². The van der Waals surface area contributed by atoms with E-state index in [0.717, 1.165) is 0 Å². The molecular weight excluding hydrogens is 451 g/mol. The molecule has 33 heavy (non-hydrogen) atoms. The lowest BCUT2D eigenvalue weighted by molar-refractivity contribution is 0.0813. The summed E-state index contributed by atoms with van der Waals surface area (Å²) >= 11 is 0. The number of anilines is 1. The number of ether oxygens (including phenoxy) is 2. The Morgan fingerprint density at radius 3 is 2.85 bits per heavy atom. The molecule has 5 rings (SSSR count). The van der Waals surface area contributed by atoms with Crippen molar-refractivity contribution in [3.05, 3.63) is 48.3 Å². The van der Waals surface area contributed by atoms with Crippen LogP contribution in [0.4, 0.5) is 15.0 Å². The van der Waals surface area contributed by atoms with Gasteiger partial charge in [0.1, 0.15) is 23.5 Å². The van der Waals surface area contributed by atoms with Crippen LogP contribution in [0.3, 0.4) is 0 Å². The van der Waals surface area contributed by atoms with Crippen molar-refractivity contribution in [2.45, 2.75) is 25.0 Å². The number of phenols is 1. The van der Waals surface area contributed by atoms with Gasteiger partial charge < -0.3 is 24.8 Å². The van der Waals surface area contributed by atoms with E-state index in [9.17, 15) is 14.3 Å². The fourth-order valence-electron chi connectivity index (χ4n) is 4.14. The molecule has 3 heterocycles. The zero-order valence-electron chi connectivity index (χ0n) is 17.7. The Hall–Kier alpha value is -3.17. The first-order chi connectivity index (χ1) is 15.6. The van der Waals surface area contributed by atoms with Gasteiger partial charge in [-0.1, -0.05) is 12.1 Å². The minimum Gasteiger partial charge on any atom is -0.507 e. The molecule has 0 aliphatic carbocycles. The van der Waals surface area contributed by atoms with Crippen molar-refractivity contribution < 1.29 is 23.8 Å². The van der Waals surface area contributed by atoms with E-state index < -0.39 is 6.09 Å². The maximum atomic E-state index is 14.0. The number of carbonyl (C=O) groups is 1. The van der Waals surface area contributed by atoms with E-state index in [0.29, 0.717) is 67.3 Å². The number of hydrogen-bond donors (Lipinski definition) is 2. The fraction of sp³-hybridized carbons (Fsp3) is 0.348. The van der Waals surface area contributed by atoms with E-state index in [2.05, 4.69) is 15.3 Å². The van der Waals surface area contributed by atoms with E-state index in [4.69, 9.17) is 9.47 Å². The van der Waals surface area contributed by atoms with E-state index in [-0.39, 0.29) is 36.1 Å². The number of amides is 1. The summed E-state index contributed by atoms with van der Waals surface area (Å²) in [5.41, 5.74) is 1.07. The summed E-state index contributed by atoms with van der Waals surface area (Å²) in [6.07, 6.45) is 0.740. The number of benzene rings is 2. The average Bonchev–Trinajstić information content (AvgIpc) is 3.45. The van der Waals surface area contributed by atoms with Crippen molar-refractivity contribution in [1.29, 1.82) is 0 Å². The highest BCUT2D eigenvalue weighted by atomic mass is 35.5. The molecule has 0 saturated carbocycles. The van der Waals surface area contributed by atoms with Crippen LogP contribution in [0.2, 0.25) is 0 Å². The third-order valence-electron chi connectivity index (χ3n) is 5.75. The molecule has 1 aromatic heterocycles. The molecule has 2 N–H and O–H groups in total. The molecule has 1 amide bonds. The minimum absolute atomic E-state index is 0. The lowest BCUT2D eigenvalue weighted by Crippen LogP contribution is -2.39. The number of alkyl carbamates (subject to hydrolysis) is 1.